The van der Waals surface area contributed by atoms with Gasteiger partial charge in [-0.2, -0.15) is 0 Å². The number of anilines is 1. The summed E-state index contributed by atoms with van der Waals surface area (Å²) < 4.78 is 0.315. The molecule has 2 unspecified atom stereocenters. The van der Waals surface area contributed by atoms with E-state index in [1.807, 2.05) is 21.1 Å². The molecule has 1 aliphatic carbocycles. The van der Waals surface area contributed by atoms with E-state index in [1.54, 1.807) is 12.3 Å². The highest BCUT2D eigenvalue weighted by atomic mass is 16.2. The summed E-state index contributed by atoms with van der Waals surface area (Å²) in [5, 5.41) is 5.68. The first-order valence-electron chi connectivity index (χ1n) is 8.56. The van der Waals surface area contributed by atoms with Crippen molar-refractivity contribution in [1.29, 1.82) is 0 Å². The van der Waals surface area contributed by atoms with Crippen LogP contribution in [0.3, 0.4) is 0 Å². The molecule has 8 heteroatoms. The minimum absolute atomic E-state index is 0.00167. The van der Waals surface area contributed by atoms with Gasteiger partial charge in [0.1, 0.15) is 5.52 Å². The van der Waals surface area contributed by atoms with Crippen LogP contribution in [0.1, 0.15) is 25.7 Å². The van der Waals surface area contributed by atoms with Crippen molar-refractivity contribution >= 4 is 28.9 Å². The Morgan fingerprint density at radius 2 is 2.08 bits per heavy atom. The minimum atomic E-state index is -0.312. The van der Waals surface area contributed by atoms with Crippen molar-refractivity contribution in [2.45, 2.75) is 31.7 Å². The number of amides is 3. The Labute approximate surface area is 146 Å². The molecule has 0 saturated heterocycles. The third-order valence-electron chi connectivity index (χ3n) is 4.52. The normalized spacial score (nSPS) is 21.1. The van der Waals surface area contributed by atoms with Crippen LogP contribution in [0.25, 0.3) is 11.2 Å². The second-order valence-electron chi connectivity index (χ2n) is 7.48. The zero-order valence-electron chi connectivity index (χ0n) is 14.9. The van der Waals surface area contributed by atoms with E-state index in [4.69, 9.17) is 0 Å². The molecule has 25 heavy (non-hydrogen) atoms. The van der Waals surface area contributed by atoms with Crippen molar-refractivity contribution in [3.8, 4) is 0 Å². The monoisotopic (exact) mass is 345 g/mol. The van der Waals surface area contributed by atoms with Crippen molar-refractivity contribution < 1.29 is 14.1 Å². The Morgan fingerprint density at radius 3 is 2.84 bits per heavy atom. The van der Waals surface area contributed by atoms with Crippen molar-refractivity contribution in [3.05, 3.63) is 18.5 Å². The van der Waals surface area contributed by atoms with E-state index in [9.17, 15) is 9.59 Å². The fraction of sp³-hybridized carbons (Fsp3) is 0.529. The number of nitrogens with one attached hydrogen (secondary N) is 3. The van der Waals surface area contributed by atoms with Gasteiger partial charge in [-0.3, -0.25) is 9.80 Å². The number of aromatic nitrogens is 3. The van der Waals surface area contributed by atoms with E-state index in [2.05, 4.69) is 25.6 Å². The second-order valence-corrected chi connectivity index (χ2v) is 7.48. The lowest BCUT2D eigenvalue weighted by Crippen LogP contribution is -2.49. The predicted molar refractivity (Wildman–Crippen MR) is 94.8 cm³/mol. The standard InChI is InChI=1S/C17H24N6O2/c1-23(2,3)16(24)11-5-4-6-12(9-11)20-17(25)22-14-10-19-15-13(21-14)7-8-18-15/h7-8,10-12H,4-6,9H2,1-3H3,(H2-,18,19,20,21,22,25)/p+1. The molecule has 2 heterocycles. The second kappa shape index (κ2) is 6.79. The Hall–Kier alpha value is -2.48. The van der Waals surface area contributed by atoms with Gasteiger partial charge in [-0.15, -0.1) is 0 Å². The van der Waals surface area contributed by atoms with Crippen LogP contribution in [0.2, 0.25) is 0 Å². The van der Waals surface area contributed by atoms with E-state index in [0.717, 1.165) is 19.3 Å². The molecule has 1 fully saturated rings. The van der Waals surface area contributed by atoms with Crippen LogP contribution < -0.4 is 10.6 Å². The summed E-state index contributed by atoms with van der Waals surface area (Å²) in [6.07, 6.45) is 6.67. The van der Waals surface area contributed by atoms with Gasteiger partial charge in [0.25, 0.3) is 0 Å². The fourth-order valence-corrected chi connectivity index (χ4v) is 3.32. The number of quaternary nitrogens is 1. The van der Waals surface area contributed by atoms with Crippen LogP contribution in [-0.2, 0) is 4.79 Å². The number of fused-ring (bicyclic) bond motifs is 1. The van der Waals surface area contributed by atoms with Gasteiger partial charge in [-0.1, -0.05) is 6.42 Å². The van der Waals surface area contributed by atoms with E-state index in [-0.39, 0.29) is 23.9 Å². The summed E-state index contributed by atoms with van der Waals surface area (Å²) in [6, 6.07) is 1.48. The average Bonchev–Trinajstić information content (AvgIpc) is 3.01. The lowest BCUT2D eigenvalue weighted by Gasteiger charge is -2.32. The van der Waals surface area contributed by atoms with Crippen molar-refractivity contribution in [2.75, 3.05) is 26.5 Å². The van der Waals surface area contributed by atoms with Gasteiger partial charge < -0.3 is 10.3 Å². The lowest BCUT2D eigenvalue weighted by molar-refractivity contribution is -0.794. The molecule has 0 radical (unpaired) electrons. The molecular formula is C17H25N6O2+. The first-order valence-corrected chi connectivity index (χ1v) is 8.56. The highest BCUT2D eigenvalue weighted by molar-refractivity contribution is 5.89. The Kier molecular flexibility index (Phi) is 4.71. The zero-order chi connectivity index (χ0) is 18.0. The number of carbonyl (C=O) groups is 2. The molecule has 3 rings (SSSR count). The quantitative estimate of drug-likeness (QED) is 0.739. The summed E-state index contributed by atoms with van der Waals surface area (Å²) in [6.45, 7) is 0. The number of hydrogen-bond donors (Lipinski definition) is 3. The van der Waals surface area contributed by atoms with Crippen molar-refractivity contribution in [2.24, 2.45) is 5.92 Å². The molecule has 2 aromatic heterocycles. The molecule has 2 atom stereocenters. The first kappa shape index (κ1) is 17.3. The maximum absolute atomic E-state index is 12.5. The molecule has 3 N–H and O–H groups in total. The first-order chi connectivity index (χ1) is 11.8. The number of aromatic amines is 1. The highest BCUT2D eigenvalue weighted by Gasteiger charge is 2.35. The lowest BCUT2D eigenvalue weighted by atomic mass is 9.84. The SMILES string of the molecule is C[N+](C)(C)C(=O)C1CCCC(NC(=O)Nc2cnc3[nH]ccc3n2)C1. The van der Waals surface area contributed by atoms with E-state index < -0.39 is 0 Å². The van der Waals surface area contributed by atoms with Crippen molar-refractivity contribution in [1.82, 2.24) is 20.3 Å². The summed E-state index contributed by atoms with van der Waals surface area (Å²) in [4.78, 5) is 36.2. The third-order valence-corrected chi connectivity index (χ3v) is 4.52. The minimum Gasteiger partial charge on any atom is -0.345 e. The maximum atomic E-state index is 12.5. The third kappa shape index (κ3) is 4.14. The number of rotatable bonds is 3. The van der Waals surface area contributed by atoms with Gasteiger partial charge in [-0.05, 0) is 25.3 Å². The topological polar surface area (TPSA) is 99.8 Å². The molecule has 1 saturated carbocycles. The van der Waals surface area contributed by atoms with Crippen molar-refractivity contribution in [3.63, 3.8) is 0 Å². The van der Waals surface area contributed by atoms with Crippen LogP contribution in [0, 0.1) is 5.92 Å². The predicted octanol–water partition coefficient (Wildman–Crippen LogP) is 1.87. The summed E-state index contributed by atoms with van der Waals surface area (Å²) >= 11 is 0. The van der Waals surface area contributed by atoms with Gasteiger partial charge in [0.15, 0.2) is 11.5 Å². The molecule has 0 bridgehead atoms. The van der Waals surface area contributed by atoms with Gasteiger partial charge >= 0.3 is 11.9 Å². The molecule has 0 aliphatic heterocycles. The van der Waals surface area contributed by atoms with Crippen LogP contribution in [0.5, 0.6) is 0 Å². The van der Waals surface area contributed by atoms with Gasteiger partial charge in [0, 0.05) is 12.2 Å². The van der Waals surface area contributed by atoms with Gasteiger partial charge in [-0.25, -0.2) is 19.6 Å². The van der Waals surface area contributed by atoms with Crippen LogP contribution in [-0.4, -0.2) is 58.6 Å². The smallest absolute Gasteiger partial charge is 0.320 e. The Morgan fingerprint density at radius 1 is 1.28 bits per heavy atom. The van der Waals surface area contributed by atoms with Crippen LogP contribution >= 0.6 is 0 Å². The largest absolute Gasteiger partial charge is 0.345 e. The number of urea groups is 1. The summed E-state index contributed by atoms with van der Waals surface area (Å²) in [5.74, 6) is 0.616. The number of carbonyl (C=O) groups excluding carboxylic acids is 2. The zero-order valence-corrected chi connectivity index (χ0v) is 14.9. The van der Waals surface area contributed by atoms with E-state index in [1.165, 1.54) is 6.20 Å². The van der Waals surface area contributed by atoms with Gasteiger partial charge in [0.05, 0.1) is 33.3 Å². The number of H-pyrrole nitrogens is 1. The number of nitrogens with zero attached hydrogens (tertiary/aromatic N) is 3. The van der Waals surface area contributed by atoms with Crippen LogP contribution in [0.15, 0.2) is 18.5 Å². The van der Waals surface area contributed by atoms with E-state index >= 15 is 0 Å². The Bertz CT molecular complexity index is 779. The molecule has 0 aromatic carbocycles. The fourth-order valence-electron chi connectivity index (χ4n) is 3.32. The van der Waals surface area contributed by atoms with E-state index in [0.29, 0.717) is 27.9 Å². The molecule has 3 amide bonds. The molecule has 8 nitrogen and oxygen atoms in total. The number of hydrogen-bond acceptors (Lipinski definition) is 4. The summed E-state index contributed by atoms with van der Waals surface area (Å²) in [5.41, 5.74) is 1.38. The maximum Gasteiger partial charge on any atom is 0.320 e. The van der Waals surface area contributed by atoms with Gasteiger partial charge in [0.2, 0.25) is 0 Å². The Balaban J connectivity index is 1.57. The molecular weight excluding hydrogens is 320 g/mol. The molecule has 134 valence electrons. The molecule has 0 spiro atoms. The highest BCUT2D eigenvalue weighted by Crippen LogP contribution is 2.27. The summed E-state index contributed by atoms with van der Waals surface area (Å²) in [7, 11) is 5.67. The molecule has 1 aliphatic rings. The molecule has 2 aromatic rings. The van der Waals surface area contributed by atoms with Crippen LogP contribution in [0.4, 0.5) is 10.6 Å². The average molecular weight is 345 g/mol.